The average molecular weight is 275 g/mol. The lowest BCUT2D eigenvalue weighted by molar-refractivity contribution is 0.566. The molecule has 0 aliphatic carbocycles. The Labute approximate surface area is 123 Å². The van der Waals surface area contributed by atoms with Crippen molar-refractivity contribution < 1.29 is 0 Å². The van der Waals surface area contributed by atoms with Crippen molar-refractivity contribution in [2.75, 3.05) is 24.5 Å². The molecule has 1 unspecified atom stereocenters. The second-order valence-electron chi connectivity index (χ2n) is 6.85. The Kier molecular flexibility index (Phi) is 5.03. The summed E-state index contributed by atoms with van der Waals surface area (Å²) in [7, 11) is 0. The highest BCUT2D eigenvalue weighted by Gasteiger charge is 2.25. The molecule has 0 radical (unpaired) electrons. The van der Waals surface area contributed by atoms with E-state index in [0.717, 1.165) is 25.5 Å². The lowest BCUT2D eigenvalue weighted by Crippen LogP contribution is -2.38. The second kappa shape index (κ2) is 6.57. The van der Waals surface area contributed by atoms with Gasteiger partial charge in [0.05, 0.1) is 0 Å². The summed E-state index contributed by atoms with van der Waals surface area (Å²) >= 11 is 0. The number of nitrogens with zero attached hydrogens (tertiary/aromatic N) is 2. The summed E-state index contributed by atoms with van der Waals surface area (Å²) in [5, 5.41) is 3.54. The third-order valence-electron chi connectivity index (χ3n) is 4.09. The summed E-state index contributed by atoms with van der Waals surface area (Å²) in [5.41, 5.74) is 1.49. The molecule has 1 fully saturated rings. The van der Waals surface area contributed by atoms with Crippen LogP contribution in [0.2, 0.25) is 0 Å². The SMILES string of the molecule is CCCNCC1CCCN1c1ccc(C(C)(C)C)cn1. The van der Waals surface area contributed by atoms with E-state index < -0.39 is 0 Å². The van der Waals surface area contributed by atoms with Gasteiger partial charge in [-0.05, 0) is 42.9 Å². The lowest BCUT2D eigenvalue weighted by Gasteiger charge is -2.27. The molecule has 1 N–H and O–H groups in total. The van der Waals surface area contributed by atoms with Gasteiger partial charge in [0, 0.05) is 25.3 Å². The number of nitrogens with one attached hydrogen (secondary N) is 1. The quantitative estimate of drug-likeness (QED) is 0.835. The van der Waals surface area contributed by atoms with Crippen molar-refractivity contribution in [1.82, 2.24) is 10.3 Å². The Morgan fingerprint density at radius 1 is 1.35 bits per heavy atom. The fourth-order valence-corrected chi connectivity index (χ4v) is 2.79. The van der Waals surface area contributed by atoms with Gasteiger partial charge in [0.25, 0.3) is 0 Å². The molecule has 1 aliphatic rings. The molecule has 1 saturated heterocycles. The molecule has 3 heteroatoms. The Balaban J connectivity index is 2.02. The molecule has 0 aromatic carbocycles. The van der Waals surface area contributed by atoms with Crippen molar-refractivity contribution in [3.8, 4) is 0 Å². The van der Waals surface area contributed by atoms with Crippen molar-refractivity contribution >= 4 is 5.82 Å². The van der Waals surface area contributed by atoms with Crippen LogP contribution in [0.15, 0.2) is 18.3 Å². The fourth-order valence-electron chi connectivity index (χ4n) is 2.79. The highest BCUT2D eigenvalue weighted by molar-refractivity contribution is 5.43. The molecule has 1 aromatic heterocycles. The van der Waals surface area contributed by atoms with E-state index >= 15 is 0 Å². The maximum Gasteiger partial charge on any atom is 0.128 e. The molecule has 1 atom stereocenters. The van der Waals surface area contributed by atoms with Crippen LogP contribution in [0.5, 0.6) is 0 Å². The molecule has 1 aromatic rings. The first-order chi connectivity index (χ1) is 9.52. The van der Waals surface area contributed by atoms with E-state index in [1.807, 2.05) is 6.20 Å². The molecular weight excluding hydrogens is 246 g/mol. The van der Waals surface area contributed by atoms with Crippen molar-refractivity contribution in [2.45, 2.75) is 58.4 Å². The maximum absolute atomic E-state index is 4.70. The van der Waals surface area contributed by atoms with Crippen LogP contribution >= 0.6 is 0 Å². The van der Waals surface area contributed by atoms with Gasteiger partial charge in [0.15, 0.2) is 0 Å². The highest BCUT2D eigenvalue weighted by Crippen LogP contribution is 2.26. The molecule has 0 spiro atoms. The minimum absolute atomic E-state index is 0.179. The first-order valence-corrected chi connectivity index (χ1v) is 7.96. The molecule has 112 valence electrons. The van der Waals surface area contributed by atoms with Gasteiger partial charge < -0.3 is 10.2 Å². The Morgan fingerprint density at radius 3 is 2.75 bits per heavy atom. The summed E-state index contributed by atoms with van der Waals surface area (Å²) in [4.78, 5) is 7.17. The largest absolute Gasteiger partial charge is 0.352 e. The van der Waals surface area contributed by atoms with Crippen LogP contribution in [0.3, 0.4) is 0 Å². The number of anilines is 1. The van der Waals surface area contributed by atoms with Gasteiger partial charge >= 0.3 is 0 Å². The lowest BCUT2D eigenvalue weighted by atomic mass is 9.88. The number of rotatable bonds is 5. The average Bonchev–Trinajstić information content (AvgIpc) is 2.87. The van der Waals surface area contributed by atoms with Gasteiger partial charge in [-0.3, -0.25) is 0 Å². The zero-order valence-electron chi connectivity index (χ0n) is 13.4. The zero-order chi connectivity index (χ0) is 14.6. The molecule has 0 amide bonds. The summed E-state index contributed by atoms with van der Waals surface area (Å²) in [6.45, 7) is 12.2. The fraction of sp³-hybridized carbons (Fsp3) is 0.706. The molecule has 2 heterocycles. The Bertz CT molecular complexity index is 405. The van der Waals surface area contributed by atoms with E-state index in [-0.39, 0.29) is 5.41 Å². The summed E-state index contributed by atoms with van der Waals surface area (Å²) in [5.74, 6) is 1.14. The van der Waals surface area contributed by atoms with Crippen molar-refractivity contribution in [3.63, 3.8) is 0 Å². The third-order valence-corrected chi connectivity index (χ3v) is 4.09. The van der Waals surface area contributed by atoms with E-state index in [1.165, 1.54) is 24.8 Å². The first-order valence-electron chi connectivity index (χ1n) is 7.96. The Hall–Kier alpha value is -1.09. The monoisotopic (exact) mass is 275 g/mol. The van der Waals surface area contributed by atoms with Crippen molar-refractivity contribution in [1.29, 1.82) is 0 Å². The summed E-state index contributed by atoms with van der Waals surface area (Å²) in [6, 6.07) is 5.03. The van der Waals surface area contributed by atoms with Crippen LogP contribution < -0.4 is 10.2 Å². The van der Waals surface area contributed by atoms with Crippen LogP contribution in [-0.2, 0) is 5.41 Å². The van der Waals surface area contributed by atoms with Gasteiger partial charge in [0.1, 0.15) is 5.82 Å². The van der Waals surface area contributed by atoms with Crippen LogP contribution in [0, 0.1) is 0 Å². The second-order valence-corrected chi connectivity index (χ2v) is 6.85. The first kappa shape index (κ1) is 15.3. The summed E-state index contributed by atoms with van der Waals surface area (Å²) < 4.78 is 0. The van der Waals surface area contributed by atoms with Crippen LogP contribution in [-0.4, -0.2) is 30.7 Å². The molecule has 20 heavy (non-hydrogen) atoms. The topological polar surface area (TPSA) is 28.2 Å². The minimum Gasteiger partial charge on any atom is -0.352 e. The highest BCUT2D eigenvalue weighted by atomic mass is 15.2. The number of hydrogen-bond acceptors (Lipinski definition) is 3. The van der Waals surface area contributed by atoms with Crippen LogP contribution in [0.25, 0.3) is 0 Å². The van der Waals surface area contributed by atoms with Gasteiger partial charge in [-0.15, -0.1) is 0 Å². The number of pyridine rings is 1. The third kappa shape index (κ3) is 3.72. The molecule has 1 aliphatic heterocycles. The van der Waals surface area contributed by atoms with Crippen LogP contribution in [0.1, 0.15) is 52.5 Å². The van der Waals surface area contributed by atoms with E-state index in [4.69, 9.17) is 4.98 Å². The molecule has 3 nitrogen and oxygen atoms in total. The molecule has 0 bridgehead atoms. The molecule has 2 rings (SSSR count). The zero-order valence-corrected chi connectivity index (χ0v) is 13.4. The van der Waals surface area contributed by atoms with Crippen molar-refractivity contribution in [3.05, 3.63) is 23.9 Å². The van der Waals surface area contributed by atoms with Crippen molar-refractivity contribution in [2.24, 2.45) is 0 Å². The van der Waals surface area contributed by atoms with Crippen LogP contribution in [0.4, 0.5) is 5.82 Å². The van der Waals surface area contributed by atoms with E-state index in [0.29, 0.717) is 6.04 Å². The van der Waals surface area contributed by atoms with Gasteiger partial charge in [0.2, 0.25) is 0 Å². The van der Waals surface area contributed by atoms with Gasteiger partial charge in [-0.2, -0.15) is 0 Å². The molecule has 0 saturated carbocycles. The predicted octanol–water partition coefficient (Wildman–Crippen LogP) is 3.35. The Morgan fingerprint density at radius 2 is 2.15 bits per heavy atom. The van der Waals surface area contributed by atoms with Gasteiger partial charge in [-0.1, -0.05) is 33.8 Å². The smallest absolute Gasteiger partial charge is 0.128 e. The summed E-state index contributed by atoms with van der Waals surface area (Å²) in [6.07, 6.45) is 5.80. The van der Waals surface area contributed by atoms with Gasteiger partial charge in [-0.25, -0.2) is 4.98 Å². The van der Waals surface area contributed by atoms with E-state index in [9.17, 15) is 0 Å². The molecular formula is C17H29N3. The normalized spacial score (nSPS) is 19.6. The number of aromatic nitrogens is 1. The minimum atomic E-state index is 0.179. The van der Waals surface area contributed by atoms with E-state index in [2.05, 4.69) is 50.0 Å². The number of hydrogen-bond donors (Lipinski definition) is 1. The maximum atomic E-state index is 4.70. The predicted molar refractivity (Wildman–Crippen MR) is 86.5 cm³/mol. The van der Waals surface area contributed by atoms with E-state index in [1.54, 1.807) is 0 Å². The standard InChI is InChI=1S/C17H29N3/c1-5-10-18-13-15-7-6-11-20(15)16-9-8-14(12-19-16)17(2,3)4/h8-9,12,15,18H,5-7,10-11,13H2,1-4H3.